The van der Waals surface area contributed by atoms with Crippen molar-refractivity contribution in [1.82, 2.24) is 0 Å². The number of rotatable bonds is 5. The van der Waals surface area contributed by atoms with Crippen molar-refractivity contribution in [2.75, 3.05) is 0 Å². The summed E-state index contributed by atoms with van der Waals surface area (Å²) in [5.41, 5.74) is 0. The summed E-state index contributed by atoms with van der Waals surface area (Å²) >= 11 is 0. The molecule has 1 rings (SSSR count). The van der Waals surface area contributed by atoms with Crippen molar-refractivity contribution in [2.45, 2.75) is 30.3 Å². The molecule has 10 heteroatoms. The van der Waals surface area contributed by atoms with Gasteiger partial charge in [-0.25, -0.2) is 0 Å². The maximum absolute atomic E-state index is 11.9. The lowest BCUT2D eigenvalue weighted by molar-refractivity contribution is -0.218. The van der Waals surface area contributed by atoms with Crippen LogP contribution >= 0.6 is 0 Å². The zero-order chi connectivity index (χ0) is 16.3. The van der Waals surface area contributed by atoms with Crippen LogP contribution in [0.2, 0.25) is 0 Å². The number of nitrogens with zero attached hydrogens (tertiary/aromatic N) is 1. The minimum Gasteiger partial charge on any atom is -0.861 e. The Morgan fingerprint density at radius 2 is 1.86 bits per heavy atom. The van der Waals surface area contributed by atoms with Crippen LogP contribution in [0.5, 0.6) is 11.5 Å². The number of halogens is 3. The standard InChI is InChI=1S/C11H12F3NO5S/c12-11(13,14)5-1-2-10(18)15-21(19,20)7-3-4-8(16)9(17)6-7/h3-4,6,16-17H,1-2,5H2,(H,15,18)/p-1. The Morgan fingerprint density at radius 3 is 2.38 bits per heavy atom. The first-order valence-electron chi connectivity index (χ1n) is 5.61. The summed E-state index contributed by atoms with van der Waals surface area (Å²) in [6, 6.07) is 2.46. The minimum absolute atomic E-state index is 0.554. The molecule has 1 aromatic carbocycles. The van der Waals surface area contributed by atoms with E-state index in [1.807, 2.05) is 0 Å². The van der Waals surface area contributed by atoms with Crippen molar-refractivity contribution >= 4 is 15.9 Å². The van der Waals surface area contributed by atoms with Crippen molar-refractivity contribution in [3.8, 4) is 11.5 Å². The number of sulfonamides is 1. The van der Waals surface area contributed by atoms with Crippen LogP contribution in [0.1, 0.15) is 19.3 Å². The molecule has 0 radical (unpaired) electrons. The quantitative estimate of drug-likeness (QED) is 0.481. The predicted molar refractivity (Wildman–Crippen MR) is 64.3 cm³/mol. The Balaban J connectivity index is 2.83. The van der Waals surface area contributed by atoms with Gasteiger partial charge in [-0.05, 0) is 30.9 Å². The second-order valence-electron chi connectivity index (χ2n) is 4.08. The molecule has 0 heterocycles. The zero-order valence-electron chi connectivity index (χ0n) is 10.5. The van der Waals surface area contributed by atoms with Gasteiger partial charge in [0.25, 0.3) is 10.0 Å². The van der Waals surface area contributed by atoms with E-state index < -0.39 is 57.8 Å². The number of hydrogen-bond acceptors (Lipinski definition) is 5. The molecule has 0 aliphatic carbocycles. The number of phenols is 2. The number of benzene rings is 1. The molecule has 0 fully saturated rings. The van der Waals surface area contributed by atoms with E-state index in [1.54, 1.807) is 0 Å². The van der Waals surface area contributed by atoms with E-state index in [0.717, 1.165) is 12.1 Å². The van der Waals surface area contributed by atoms with Gasteiger partial charge in [0, 0.05) is 12.5 Å². The normalized spacial score (nSPS) is 13.4. The molecule has 0 spiro atoms. The number of hydrogen-bond donors (Lipinski definition) is 2. The lowest BCUT2D eigenvalue weighted by Gasteiger charge is -2.11. The molecular formula is C11H11F3NO5S-. The van der Waals surface area contributed by atoms with Crippen molar-refractivity contribution in [3.05, 3.63) is 18.2 Å². The third-order valence-corrected chi connectivity index (χ3v) is 3.61. The summed E-state index contributed by atoms with van der Waals surface area (Å²) in [7, 11) is -4.44. The summed E-state index contributed by atoms with van der Waals surface area (Å²) in [4.78, 5) is -0.554. The Morgan fingerprint density at radius 1 is 1.24 bits per heavy atom. The van der Waals surface area contributed by atoms with Crippen molar-refractivity contribution in [2.24, 2.45) is 4.40 Å². The van der Waals surface area contributed by atoms with Gasteiger partial charge in [0.2, 0.25) is 0 Å². The summed E-state index contributed by atoms with van der Waals surface area (Å²) in [6.45, 7) is 0. The second-order valence-corrected chi connectivity index (χ2v) is 5.68. The monoisotopic (exact) mass is 326 g/mol. The molecule has 0 aromatic heterocycles. The predicted octanol–water partition coefficient (Wildman–Crippen LogP) is 1.28. The van der Waals surface area contributed by atoms with Crippen molar-refractivity contribution < 1.29 is 36.9 Å². The van der Waals surface area contributed by atoms with E-state index in [-0.39, 0.29) is 0 Å². The van der Waals surface area contributed by atoms with E-state index in [1.165, 1.54) is 0 Å². The van der Waals surface area contributed by atoms with Crippen LogP contribution in [-0.4, -0.2) is 30.7 Å². The number of alkyl halides is 3. The molecule has 0 amide bonds. The van der Waals surface area contributed by atoms with Crippen LogP contribution in [0.3, 0.4) is 0 Å². The van der Waals surface area contributed by atoms with Crippen LogP contribution < -0.4 is 5.11 Å². The van der Waals surface area contributed by atoms with Gasteiger partial charge in [0.05, 0.1) is 4.90 Å². The van der Waals surface area contributed by atoms with Crippen molar-refractivity contribution in [3.63, 3.8) is 0 Å². The fraction of sp³-hybridized carbons (Fsp3) is 0.364. The molecule has 0 saturated carbocycles. The zero-order valence-corrected chi connectivity index (χ0v) is 11.3. The van der Waals surface area contributed by atoms with Crippen LogP contribution in [0, 0.1) is 0 Å². The molecular weight excluding hydrogens is 315 g/mol. The highest BCUT2D eigenvalue weighted by molar-refractivity contribution is 7.90. The summed E-state index contributed by atoms with van der Waals surface area (Å²) < 4.78 is 61.8. The fourth-order valence-electron chi connectivity index (χ4n) is 1.34. The SMILES string of the molecule is O=S(=O)(/N=C(\[O-])CCCC(F)(F)F)c1ccc(O)c(O)c1. The van der Waals surface area contributed by atoms with E-state index >= 15 is 0 Å². The van der Waals surface area contributed by atoms with Gasteiger partial charge < -0.3 is 15.3 Å². The van der Waals surface area contributed by atoms with Crippen LogP contribution in [-0.2, 0) is 10.0 Å². The Bertz CT molecular complexity index is 640. The van der Waals surface area contributed by atoms with Gasteiger partial charge in [-0.2, -0.15) is 26.0 Å². The third-order valence-electron chi connectivity index (χ3n) is 2.32. The molecule has 2 N–H and O–H groups in total. The van der Waals surface area contributed by atoms with E-state index in [4.69, 9.17) is 10.2 Å². The first kappa shape index (κ1) is 17.1. The van der Waals surface area contributed by atoms with Gasteiger partial charge in [-0.3, -0.25) is 0 Å². The number of aromatic hydroxyl groups is 2. The highest BCUT2D eigenvalue weighted by Crippen LogP contribution is 2.28. The minimum atomic E-state index is -4.44. The first-order chi connectivity index (χ1) is 9.51. The smallest absolute Gasteiger partial charge is 0.389 e. The summed E-state index contributed by atoms with van der Waals surface area (Å²) in [5, 5.41) is 29.4. The van der Waals surface area contributed by atoms with E-state index in [2.05, 4.69) is 4.40 Å². The lowest BCUT2D eigenvalue weighted by atomic mass is 10.2. The largest absolute Gasteiger partial charge is 0.861 e. The van der Waals surface area contributed by atoms with Gasteiger partial charge in [-0.15, -0.1) is 0 Å². The summed E-state index contributed by atoms with van der Waals surface area (Å²) in [5.74, 6) is -2.51. The molecule has 0 saturated heterocycles. The fourth-order valence-corrected chi connectivity index (χ4v) is 2.30. The Kier molecular flexibility index (Phi) is 5.05. The first-order valence-corrected chi connectivity index (χ1v) is 7.05. The van der Waals surface area contributed by atoms with Crippen molar-refractivity contribution in [1.29, 1.82) is 0 Å². The van der Waals surface area contributed by atoms with E-state index in [9.17, 15) is 26.7 Å². The molecule has 1 aromatic rings. The summed E-state index contributed by atoms with van der Waals surface area (Å²) in [6.07, 6.45) is -6.87. The average molecular weight is 326 g/mol. The molecule has 118 valence electrons. The Hall–Kier alpha value is -1.97. The molecule has 0 aliphatic heterocycles. The van der Waals surface area contributed by atoms with Gasteiger partial charge in [0.15, 0.2) is 11.5 Å². The lowest BCUT2D eigenvalue weighted by Crippen LogP contribution is -2.20. The van der Waals surface area contributed by atoms with E-state index in [0.29, 0.717) is 6.07 Å². The van der Waals surface area contributed by atoms with Crippen LogP contribution in [0.15, 0.2) is 27.5 Å². The molecule has 0 atom stereocenters. The maximum atomic E-state index is 11.9. The highest BCUT2D eigenvalue weighted by atomic mass is 32.2. The molecule has 0 bridgehead atoms. The average Bonchev–Trinajstić information content (AvgIpc) is 2.30. The number of phenolic OH excluding ortho intramolecular Hbond substituents is 2. The van der Waals surface area contributed by atoms with Gasteiger partial charge in [0.1, 0.15) is 0 Å². The molecule has 0 unspecified atom stereocenters. The third kappa shape index (κ3) is 5.50. The van der Waals surface area contributed by atoms with Crippen LogP contribution in [0.25, 0.3) is 0 Å². The molecule has 6 nitrogen and oxygen atoms in total. The molecule has 0 aliphatic rings. The Labute approximate surface area is 118 Å². The van der Waals surface area contributed by atoms with Gasteiger partial charge >= 0.3 is 6.18 Å². The van der Waals surface area contributed by atoms with Gasteiger partial charge in [-0.1, -0.05) is 0 Å². The maximum Gasteiger partial charge on any atom is 0.389 e. The second kappa shape index (κ2) is 6.20. The van der Waals surface area contributed by atoms with Crippen LogP contribution in [0.4, 0.5) is 13.2 Å². The topological polar surface area (TPSA) is 110 Å². The molecule has 21 heavy (non-hydrogen) atoms. The highest BCUT2D eigenvalue weighted by Gasteiger charge is 2.26.